The number of carbonyl (C=O) groups excluding carboxylic acids is 2. The number of likely N-dealkylation sites (tertiary alicyclic amines) is 2. The zero-order valence-corrected chi connectivity index (χ0v) is 16.1. The SMILES string of the molecule is O=C(C1CCOCC1)N1CC[C@@]2(CCCN(CC3CCCCC3)C2=O)C1. The van der Waals surface area contributed by atoms with Gasteiger partial charge in [0.15, 0.2) is 0 Å². The summed E-state index contributed by atoms with van der Waals surface area (Å²) in [6, 6.07) is 0. The minimum atomic E-state index is -0.284. The molecule has 0 radical (unpaired) electrons. The Balaban J connectivity index is 1.38. The number of amides is 2. The van der Waals surface area contributed by atoms with Crippen LogP contribution in [0.2, 0.25) is 0 Å². The van der Waals surface area contributed by atoms with E-state index in [1.807, 2.05) is 4.90 Å². The van der Waals surface area contributed by atoms with Crippen molar-refractivity contribution < 1.29 is 14.3 Å². The first kappa shape index (κ1) is 18.3. The molecule has 1 aliphatic carbocycles. The van der Waals surface area contributed by atoms with Gasteiger partial charge in [-0.2, -0.15) is 0 Å². The average Bonchev–Trinajstić information content (AvgIpc) is 3.12. The molecule has 0 unspecified atom stereocenters. The molecule has 0 aromatic rings. The summed E-state index contributed by atoms with van der Waals surface area (Å²) >= 11 is 0. The molecule has 2 amide bonds. The van der Waals surface area contributed by atoms with Crippen molar-refractivity contribution in [3.63, 3.8) is 0 Å². The number of rotatable bonds is 3. The monoisotopic (exact) mass is 362 g/mol. The highest BCUT2D eigenvalue weighted by molar-refractivity contribution is 5.86. The molecule has 5 heteroatoms. The summed E-state index contributed by atoms with van der Waals surface area (Å²) in [4.78, 5) is 30.4. The van der Waals surface area contributed by atoms with Crippen LogP contribution in [0.5, 0.6) is 0 Å². The van der Waals surface area contributed by atoms with Crippen LogP contribution in [0.25, 0.3) is 0 Å². The molecule has 3 saturated heterocycles. The van der Waals surface area contributed by atoms with Crippen LogP contribution in [0.3, 0.4) is 0 Å². The molecule has 1 saturated carbocycles. The smallest absolute Gasteiger partial charge is 0.230 e. The van der Waals surface area contributed by atoms with Gasteiger partial charge in [0.2, 0.25) is 11.8 Å². The molecule has 3 aliphatic heterocycles. The van der Waals surface area contributed by atoms with E-state index in [2.05, 4.69) is 4.90 Å². The highest BCUT2D eigenvalue weighted by Crippen LogP contribution is 2.41. The Labute approximate surface area is 157 Å². The first-order valence-corrected chi connectivity index (χ1v) is 10.8. The Morgan fingerprint density at radius 2 is 1.77 bits per heavy atom. The van der Waals surface area contributed by atoms with Gasteiger partial charge in [-0.1, -0.05) is 19.3 Å². The highest BCUT2D eigenvalue weighted by atomic mass is 16.5. The Hall–Kier alpha value is -1.10. The maximum atomic E-state index is 13.3. The molecule has 1 atom stereocenters. The van der Waals surface area contributed by atoms with Gasteiger partial charge in [0.25, 0.3) is 0 Å². The third-order valence-electron chi connectivity index (χ3n) is 7.26. The molecule has 0 bridgehead atoms. The molecular weight excluding hydrogens is 328 g/mol. The molecular formula is C21H34N2O3. The average molecular weight is 363 g/mol. The van der Waals surface area contributed by atoms with Crippen molar-refractivity contribution in [2.24, 2.45) is 17.3 Å². The second kappa shape index (κ2) is 7.87. The van der Waals surface area contributed by atoms with E-state index in [1.165, 1.54) is 32.1 Å². The number of ether oxygens (including phenoxy) is 1. The first-order valence-electron chi connectivity index (χ1n) is 10.8. The second-order valence-electron chi connectivity index (χ2n) is 9.04. The summed E-state index contributed by atoms with van der Waals surface area (Å²) in [5, 5.41) is 0. The van der Waals surface area contributed by atoms with Crippen LogP contribution in [0.4, 0.5) is 0 Å². The molecule has 0 aromatic carbocycles. The lowest BCUT2D eigenvalue weighted by Gasteiger charge is -2.41. The quantitative estimate of drug-likeness (QED) is 0.776. The maximum absolute atomic E-state index is 13.3. The van der Waals surface area contributed by atoms with E-state index in [9.17, 15) is 9.59 Å². The highest BCUT2D eigenvalue weighted by Gasteiger charge is 2.50. The molecule has 0 aromatic heterocycles. The molecule has 5 nitrogen and oxygen atoms in total. The number of nitrogens with zero attached hydrogens (tertiary/aromatic N) is 2. The van der Waals surface area contributed by atoms with Gasteiger partial charge in [0.1, 0.15) is 0 Å². The van der Waals surface area contributed by atoms with Crippen LogP contribution in [-0.4, -0.2) is 61.0 Å². The zero-order chi connectivity index (χ0) is 18.0. The van der Waals surface area contributed by atoms with Crippen LogP contribution in [0.15, 0.2) is 0 Å². The first-order chi connectivity index (χ1) is 12.7. The minimum absolute atomic E-state index is 0.107. The van der Waals surface area contributed by atoms with Crippen molar-refractivity contribution in [3.05, 3.63) is 0 Å². The van der Waals surface area contributed by atoms with E-state index in [-0.39, 0.29) is 17.2 Å². The fourth-order valence-electron chi connectivity index (χ4n) is 5.65. The zero-order valence-electron chi connectivity index (χ0n) is 16.1. The van der Waals surface area contributed by atoms with Gasteiger partial charge in [0, 0.05) is 45.3 Å². The molecule has 4 aliphatic rings. The summed E-state index contributed by atoms with van der Waals surface area (Å²) in [5.74, 6) is 1.42. The molecule has 4 fully saturated rings. The Bertz CT molecular complexity index is 525. The van der Waals surface area contributed by atoms with Gasteiger partial charge < -0.3 is 14.5 Å². The second-order valence-corrected chi connectivity index (χ2v) is 9.04. The standard InChI is InChI=1S/C21H34N2O3/c24-19(18-7-13-26-14-8-18)23-12-10-21(16-23)9-4-11-22(20(21)25)15-17-5-2-1-3-6-17/h17-18H,1-16H2/t21-/m0/s1. The van der Waals surface area contributed by atoms with Crippen molar-refractivity contribution >= 4 is 11.8 Å². The predicted molar refractivity (Wildman–Crippen MR) is 99.6 cm³/mol. The van der Waals surface area contributed by atoms with Gasteiger partial charge in [0.05, 0.1) is 5.41 Å². The van der Waals surface area contributed by atoms with Gasteiger partial charge in [-0.25, -0.2) is 0 Å². The van der Waals surface area contributed by atoms with Crippen LogP contribution >= 0.6 is 0 Å². The lowest BCUT2D eigenvalue weighted by molar-refractivity contribution is -0.147. The predicted octanol–water partition coefficient (Wildman–Crippen LogP) is 2.83. The number of hydrogen-bond donors (Lipinski definition) is 0. The van der Waals surface area contributed by atoms with Crippen molar-refractivity contribution in [2.45, 2.75) is 64.2 Å². The molecule has 0 N–H and O–H groups in total. The fourth-order valence-corrected chi connectivity index (χ4v) is 5.65. The van der Waals surface area contributed by atoms with Gasteiger partial charge >= 0.3 is 0 Å². The van der Waals surface area contributed by atoms with Crippen LogP contribution in [-0.2, 0) is 14.3 Å². The summed E-state index contributed by atoms with van der Waals surface area (Å²) in [5.41, 5.74) is -0.284. The molecule has 146 valence electrons. The van der Waals surface area contributed by atoms with Crippen molar-refractivity contribution in [1.29, 1.82) is 0 Å². The summed E-state index contributed by atoms with van der Waals surface area (Å²) in [6.07, 6.45) is 11.2. The molecule has 4 rings (SSSR count). The Morgan fingerprint density at radius 3 is 2.54 bits per heavy atom. The minimum Gasteiger partial charge on any atom is -0.381 e. The summed E-state index contributed by atoms with van der Waals surface area (Å²) in [7, 11) is 0. The van der Waals surface area contributed by atoms with E-state index in [0.717, 1.165) is 51.7 Å². The van der Waals surface area contributed by atoms with E-state index >= 15 is 0 Å². The van der Waals surface area contributed by atoms with E-state index < -0.39 is 0 Å². The molecule has 26 heavy (non-hydrogen) atoms. The third kappa shape index (κ3) is 3.64. The van der Waals surface area contributed by atoms with Crippen LogP contribution in [0.1, 0.15) is 64.2 Å². The Kier molecular flexibility index (Phi) is 5.53. The van der Waals surface area contributed by atoms with Gasteiger partial charge in [-0.05, 0) is 50.9 Å². The van der Waals surface area contributed by atoms with E-state index in [4.69, 9.17) is 4.74 Å². The summed E-state index contributed by atoms with van der Waals surface area (Å²) < 4.78 is 5.39. The van der Waals surface area contributed by atoms with Crippen LogP contribution < -0.4 is 0 Å². The van der Waals surface area contributed by atoms with Crippen molar-refractivity contribution in [2.75, 3.05) is 39.4 Å². The third-order valence-corrected chi connectivity index (χ3v) is 7.26. The Morgan fingerprint density at radius 1 is 1.00 bits per heavy atom. The lowest BCUT2D eigenvalue weighted by atomic mass is 9.77. The van der Waals surface area contributed by atoms with Gasteiger partial charge in [-0.3, -0.25) is 9.59 Å². The maximum Gasteiger partial charge on any atom is 0.230 e. The summed E-state index contributed by atoms with van der Waals surface area (Å²) in [6.45, 7) is 4.69. The normalized spacial score (nSPS) is 31.8. The van der Waals surface area contributed by atoms with Crippen molar-refractivity contribution in [3.8, 4) is 0 Å². The number of hydrogen-bond acceptors (Lipinski definition) is 3. The van der Waals surface area contributed by atoms with Crippen LogP contribution in [0, 0.1) is 17.3 Å². The van der Waals surface area contributed by atoms with Gasteiger partial charge in [-0.15, -0.1) is 0 Å². The number of carbonyl (C=O) groups is 2. The largest absolute Gasteiger partial charge is 0.381 e. The topological polar surface area (TPSA) is 49.9 Å². The molecule has 3 heterocycles. The lowest BCUT2D eigenvalue weighted by Crippen LogP contribution is -2.52. The molecule has 1 spiro atoms. The van der Waals surface area contributed by atoms with E-state index in [0.29, 0.717) is 31.6 Å². The number of piperidine rings is 1. The van der Waals surface area contributed by atoms with E-state index in [1.54, 1.807) is 0 Å². The van der Waals surface area contributed by atoms with Crippen molar-refractivity contribution in [1.82, 2.24) is 9.80 Å². The fraction of sp³-hybridized carbons (Fsp3) is 0.905.